The topological polar surface area (TPSA) is 9.23 Å². The molecule has 1 atom stereocenters. The van der Waals surface area contributed by atoms with E-state index < -0.39 is 11.6 Å². The number of halogens is 2. The molecule has 0 N–H and O–H groups in total. The molecule has 4 rings (SSSR count). The molecule has 0 aromatic heterocycles. The van der Waals surface area contributed by atoms with Gasteiger partial charge in [-0.15, -0.1) is 0 Å². The van der Waals surface area contributed by atoms with Crippen molar-refractivity contribution in [3.63, 3.8) is 0 Å². The standard InChI is InChI=1S/C22H29F2O.Rb/c1-14-13-18-11-12-19(25-22(18)21(24)20(14)23)17-9-7-16(8-10-17)15-5-3-2-4-6-15;/h2,13,15-17,19H,3-12H2,1H3;/q-1;+1. The van der Waals surface area contributed by atoms with Gasteiger partial charge in [-0.1, -0.05) is 12.8 Å². The molecule has 1 aromatic rings. The van der Waals surface area contributed by atoms with Crippen molar-refractivity contribution in [2.45, 2.75) is 77.2 Å². The Labute approximate surface area is 205 Å². The summed E-state index contributed by atoms with van der Waals surface area (Å²) in [7, 11) is 0. The van der Waals surface area contributed by atoms with Gasteiger partial charge in [0.15, 0.2) is 11.6 Å². The molecular weight excluding hydrogens is 404 g/mol. The van der Waals surface area contributed by atoms with Crippen LogP contribution in [-0.2, 0) is 6.42 Å². The first-order valence-corrected chi connectivity index (χ1v) is 10.1. The predicted octanol–water partition coefficient (Wildman–Crippen LogP) is 3.17. The van der Waals surface area contributed by atoms with Crippen molar-refractivity contribution >= 4 is 0 Å². The number of hydrogen-bond donors (Lipinski definition) is 0. The number of ether oxygens (including phenoxy) is 1. The molecular formula is C22H29F2ORb. The van der Waals surface area contributed by atoms with Gasteiger partial charge in [-0.25, -0.2) is 4.39 Å². The van der Waals surface area contributed by atoms with Crippen molar-refractivity contribution in [3.8, 4) is 5.75 Å². The summed E-state index contributed by atoms with van der Waals surface area (Å²) in [4.78, 5) is 0. The Hall–Kier alpha value is 0.685. The van der Waals surface area contributed by atoms with E-state index in [1.165, 1.54) is 51.4 Å². The fourth-order valence-electron chi connectivity index (χ4n) is 5.37. The van der Waals surface area contributed by atoms with Crippen molar-refractivity contribution in [1.82, 2.24) is 0 Å². The third-order valence-corrected chi connectivity index (χ3v) is 6.88. The number of fused-ring (bicyclic) bond motifs is 1. The molecule has 1 unspecified atom stereocenters. The van der Waals surface area contributed by atoms with E-state index in [2.05, 4.69) is 6.42 Å². The van der Waals surface area contributed by atoms with Gasteiger partial charge >= 0.3 is 58.2 Å². The average Bonchev–Trinajstić information content (AvgIpc) is 2.67. The van der Waals surface area contributed by atoms with E-state index in [4.69, 9.17) is 4.74 Å². The molecule has 26 heavy (non-hydrogen) atoms. The summed E-state index contributed by atoms with van der Waals surface area (Å²) < 4.78 is 34.2. The molecule has 1 aromatic carbocycles. The van der Waals surface area contributed by atoms with Crippen LogP contribution in [0.1, 0.15) is 68.9 Å². The van der Waals surface area contributed by atoms with Gasteiger partial charge in [0.1, 0.15) is 6.10 Å². The van der Waals surface area contributed by atoms with Gasteiger partial charge in [0, 0.05) is 0 Å². The average molecular weight is 433 g/mol. The van der Waals surface area contributed by atoms with Crippen LogP contribution in [0, 0.1) is 42.7 Å². The normalized spacial score (nSPS) is 29.4. The van der Waals surface area contributed by atoms with Crippen LogP contribution in [0.3, 0.4) is 0 Å². The minimum atomic E-state index is -0.785. The molecule has 2 aliphatic carbocycles. The maximum Gasteiger partial charge on any atom is 1.00 e. The molecule has 0 spiro atoms. The van der Waals surface area contributed by atoms with Crippen molar-refractivity contribution in [2.24, 2.45) is 17.8 Å². The van der Waals surface area contributed by atoms with Crippen LogP contribution in [0.15, 0.2) is 6.07 Å². The monoisotopic (exact) mass is 432 g/mol. The minimum Gasteiger partial charge on any atom is -0.487 e. The first-order valence-electron chi connectivity index (χ1n) is 10.1. The van der Waals surface area contributed by atoms with E-state index in [1.54, 1.807) is 13.0 Å². The first-order chi connectivity index (χ1) is 12.1. The Morgan fingerprint density at radius 3 is 2.19 bits per heavy atom. The van der Waals surface area contributed by atoms with Gasteiger partial charge in [-0.3, -0.25) is 0 Å². The molecule has 2 saturated carbocycles. The fourth-order valence-corrected chi connectivity index (χ4v) is 5.37. The zero-order valence-corrected chi connectivity index (χ0v) is 21.1. The Bertz CT molecular complexity index is 619. The molecule has 1 nitrogen and oxygen atoms in total. The molecule has 3 aliphatic rings. The summed E-state index contributed by atoms with van der Waals surface area (Å²) >= 11 is 0. The zero-order chi connectivity index (χ0) is 17.4. The van der Waals surface area contributed by atoms with Crippen LogP contribution in [0.5, 0.6) is 5.75 Å². The summed E-state index contributed by atoms with van der Waals surface area (Å²) in [5.41, 5.74) is 1.21. The van der Waals surface area contributed by atoms with Crippen LogP contribution in [0.2, 0.25) is 0 Å². The smallest absolute Gasteiger partial charge is 0.487 e. The molecule has 1 aliphatic heterocycles. The Kier molecular flexibility index (Phi) is 7.78. The third kappa shape index (κ3) is 4.47. The van der Waals surface area contributed by atoms with E-state index in [-0.39, 0.29) is 70.0 Å². The number of rotatable bonds is 2. The van der Waals surface area contributed by atoms with E-state index >= 15 is 0 Å². The second kappa shape index (κ2) is 9.46. The summed E-state index contributed by atoms with van der Waals surface area (Å²) in [6.07, 6.45) is 14.5. The molecule has 0 radical (unpaired) electrons. The third-order valence-electron chi connectivity index (χ3n) is 6.88. The van der Waals surface area contributed by atoms with Crippen LogP contribution in [-0.4, -0.2) is 6.10 Å². The first kappa shape index (κ1) is 21.4. The summed E-state index contributed by atoms with van der Waals surface area (Å²) in [6.45, 7) is 1.62. The number of benzene rings is 1. The van der Waals surface area contributed by atoms with Crippen molar-refractivity contribution in [2.75, 3.05) is 0 Å². The predicted molar refractivity (Wildman–Crippen MR) is 95.5 cm³/mol. The van der Waals surface area contributed by atoms with Crippen LogP contribution in [0.4, 0.5) is 8.78 Å². The SMILES string of the molecule is Cc1cc2c(c(F)c1F)OC(C1CCC(C3CC[CH-]CC3)CC1)CC2.[Rb+]. The molecule has 0 saturated heterocycles. The van der Waals surface area contributed by atoms with Crippen LogP contribution >= 0.6 is 0 Å². The summed E-state index contributed by atoms with van der Waals surface area (Å²) in [5.74, 6) is 0.933. The van der Waals surface area contributed by atoms with Gasteiger partial charge in [0.2, 0.25) is 5.82 Å². The Balaban J connectivity index is 0.00000196. The van der Waals surface area contributed by atoms with Gasteiger partial charge in [-0.2, -0.15) is 17.2 Å². The van der Waals surface area contributed by atoms with Gasteiger partial charge in [0.25, 0.3) is 0 Å². The summed E-state index contributed by atoms with van der Waals surface area (Å²) in [5, 5.41) is 0. The van der Waals surface area contributed by atoms with Gasteiger partial charge < -0.3 is 11.2 Å². The maximum absolute atomic E-state index is 14.3. The van der Waals surface area contributed by atoms with Gasteiger partial charge in [-0.05, 0) is 80.4 Å². The minimum absolute atomic E-state index is 0. The quantitative estimate of drug-likeness (QED) is 0.652. The van der Waals surface area contributed by atoms with Crippen molar-refractivity contribution in [3.05, 3.63) is 35.2 Å². The van der Waals surface area contributed by atoms with E-state index in [0.717, 1.165) is 30.2 Å². The molecule has 4 heteroatoms. The molecule has 2 fully saturated rings. The van der Waals surface area contributed by atoms with E-state index in [9.17, 15) is 8.78 Å². The van der Waals surface area contributed by atoms with E-state index in [0.29, 0.717) is 11.5 Å². The Morgan fingerprint density at radius 2 is 1.50 bits per heavy atom. The number of aryl methyl sites for hydroxylation is 2. The van der Waals surface area contributed by atoms with Crippen molar-refractivity contribution in [1.29, 1.82) is 0 Å². The van der Waals surface area contributed by atoms with E-state index in [1.807, 2.05) is 0 Å². The fraction of sp³-hybridized carbons (Fsp3) is 0.682. The van der Waals surface area contributed by atoms with Crippen molar-refractivity contribution < 1.29 is 71.7 Å². The molecule has 0 bridgehead atoms. The Morgan fingerprint density at radius 1 is 0.885 bits per heavy atom. The second-order valence-corrected chi connectivity index (χ2v) is 8.38. The van der Waals surface area contributed by atoms with Gasteiger partial charge in [0.05, 0.1) is 0 Å². The maximum atomic E-state index is 14.3. The molecule has 1 heterocycles. The van der Waals surface area contributed by atoms with Crippen LogP contribution < -0.4 is 62.9 Å². The molecule has 138 valence electrons. The van der Waals surface area contributed by atoms with Crippen LogP contribution in [0.25, 0.3) is 0 Å². The number of hydrogen-bond acceptors (Lipinski definition) is 1. The zero-order valence-electron chi connectivity index (χ0n) is 16.2. The summed E-state index contributed by atoms with van der Waals surface area (Å²) in [6, 6.07) is 1.75. The second-order valence-electron chi connectivity index (χ2n) is 8.38. The largest absolute Gasteiger partial charge is 1.00 e. The molecule has 0 amide bonds.